The highest BCUT2D eigenvalue weighted by atomic mass is 16.5. The Hall–Kier alpha value is -3.38. The number of nitriles is 1. The lowest BCUT2D eigenvalue weighted by atomic mass is 9.76. The lowest BCUT2D eigenvalue weighted by molar-refractivity contribution is -0.116. The molecular weight excluding hydrogens is 354 g/mol. The van der Waals surface area contributed by atoms with Crippen molar-refractivity contribution in [2.75, 3.05) is 20.3 Å². The number of nitrogens with zero attached hydrogens (tertiary/aromatic N) is 2. The summed E-state index contributed by atoms with van der Waals surface area (Å²) in [5.74, 6) is 3.41. The number of hydrogen-bond donors (Lipinski definition) is 1. The van der Waals surface area contributed by atoms with E-state index in [-0.39, 0.29) is 12.4 Å². The summed E-state index contributed by atoms with van der Waals surface area (Å²) in [6, 6.07) is 7.62. The van der Waals surface area contributed by atoms with Gasteiger partial charge in [-0.1, -0.05) is 12.0 Å². The minimum atomic E-state index is -0.509. The maximum absolute atomic E-state index is 12.8. The van der Waals surface area contributed by atoms with Gasteiger partial charge in [0.15, 0.2) is 17.3 Å². The lowest BCUT2D eigenvalue weighted by Gasteiger charge is -2.37. The van der Waals surface area contributed by atoms with Crippen LogP contribution in [0.4, 0.5) is 0 Å². The molecule has 0 amide bonds. The summed E-state index contributed by atoms with van der Waals surface area (Å²) in [4.78, 5) is 14.6. The molecule has 0 saturated carbocycles. The van der Waals surface area contributed by atoms with Crippen LogP contribution in [-0.2, 0) is 4.79 Å². The number of ether oxygens (including phenoxy) is 2. The van der Waals surface area contributed by atoms with Gasteiger partial charge in [0.1, 0.15) is 12.4 Å². The molecule has 0 fully saturated rings. The monoisotopic (exact) mass is 377 g/mol. The van der Waals surface area contributed by atoms with Crippen LogP contribution in [-0.4, -0.2) is 30.9 Å². The third kappa shape index (κ3) is 3.30. The molecule has 1 aromatic rings. The summed E-state index contributed by atoms with van der Waals surface area (Å²) in [5, 5.41) is 9.80. The molecule has 0 unspecified atom stereocenters. The van der Waals surface area contributed by atoms with Gasteiger partial charge in [0.25, 0.3) is 0 Å². The van der Waals surface area contributed by atoms with Crippen LogP contribution in [0.3, 0.4) is 0 Å². The van der Waals surface area contributed by atoms with E-state index < -0.39 is 5.92 Å². The van der Waals surface area contributed by atoms with Crippen LogP contribution in [0.25, 0.3) is 0 Å². The van der Waals surface area contributed by atoms with Crippen molar-refractivity contribution in [3.63, 3.8) is 0 Å². The van der Waals surface area contributed by atoms with Crippen LogP contribution in [0.1, 0.15) is 37.7 Å². The Kier molecular flexibility index (Phi) is 5.61. The zero-order valence-electron chi connectivity index (χ0n) is 16.1. The number of rotatable bonds is 5. The fourth-order valence-electron chi connectivity index (χ4n) is 3.81. The van der Waals surface area contributed by atoms with Crippen molar-refractivity contribution in [2.45, 2.75) is 32.1 Å². The van der Waals surface area contributed by atoms with E-state index in [4.69, 9.17) is 21.6 Å². The van der Waals surface area contributed by atoms with Crippen LogP contribution in [0.2, 0.25) is 0 Å². The quantitative estimate of drug-likeness (QED) is 0.794. The van der Waals surface area contributed by atoms with Gasteiger partial charge in [-0.15, -0.1) is 6.42 Å². The first kappa shape index (κ1) is 19.4. The molecule has 1 atom stereocenters. The molecule has 0 saturated heterocycles. The predicted octanol–water partition coefficient (Wildman–Crippen LogP) is 2.83. The minimum Gasteiger partial charge on any atom is -0.490 e. The van der Waals surface area contributed by atoms with Crippen molar-refractivity contribution < 1.29 is 14.3 Å². The zero-order valence-corrected chi connectivity index (χ0v) is 16.1. The van der Waals surface area contributed by atoms with E-state index in [2.05, 4.69) is 12.0 Å². The summed E-state index contributed by atoms with van der Waals surface area (Å²) in [6.45, 7) is 2.44. The van der Waals surface area contributed by atoms with Crippen LogP contribution in [0.15, 0.2) is 40.9 Å². The average Bonchev–Trinajstić information content (AvgIpc) is 2.70. The van der Waals surface area contributed by atoms with Gasteiger partial charge in [-0.2, -0.15) is 5.26 Å². The van der Waals surface area contributed by atoms with E-state index in [1.54, 1.807) is 18.0 Å². The van der Waals surface area contributed by atoms with E-state index in [1.807, 2.05) is 19.1 Å². The minimum absolute atomic E-state index is 0.0592. The van der Waals surface area contributed by atoms with Gasteiger partial charge in [-0.05, 0) is 37.5 Å². The molecule has 2 aliphatic rings. The largest absolute Gasteiger partial charge is 0.490 e. The van der Waals surface area contributed by atoms with Crippen LogP contribution >= 0.6 is 0 Å². The summed E-state index contributed by atoms with van der Waals surface area (Å²) >= 11 is 0. The van der Waals surface area contributed by atoms with Crippen LogP contribution < -0.4 is 15.2 Å². The van der Waals surface area contributed by atoms with Crippen molar-refractivity contribution in [3.05, 3.63) is 46.4 Å². The normalized spacial score (nSPS) is 19.1. The number of allylic oxidation sites excluding steroid dienone is 3. The van der Waals surface area contributed by atoms with Crippen molar-refractivity contribution in [2.24, 2.45) is 5.73 Å². The van der Waals surface area contributed by atoms with E-state index in [0.717, 1.165) is 24.1 Å². The second-order valence-electron chi connectivity index (χ2n) is 6.67. The number of nitrogens with two attached hydrogens (primary N) is 1. The highest BCUT2D eigenvalue weighted by molar-refractivity contribution is 5.99. The number of carbonyl (C=O) groups excluding carboxylic acids is 1. The predicted molar refractivity (Wildman–Crippen MR) is 105 cm³/mol. The summed E-state index contributed by atoms with van der Waals surface area (Å²) in [6.07, 6.45) is 7.30. The molecule has 2 N–H and O–H groups in total. The van der Waals surface area contributed by atoms with E-state index in [9.17, 15) is 10.1 Å². The van der Waals surface area contributed by atoms with Gasteiger partial charge in [-0.3, -0.25) is 4.79 Å². The molecule has 0 spiro atoms. The first-order valence-electron chi connectivity index (χ1n) is 9.26. The molecule has 1 aliphatic carbocycles. The first-order valence-corrected chi connectivity index (χ1v) is 9.26. The fraction of sp³-hybridized carbons (Fsp3) is 0.364. The molecule has 1 aliphatic heterocycles. The lowest BCUT2D eigenvalue weighted by Crippen LogP contribution is -2.36. The van der Waals surface area contributed by atoms with Gasteiger partial charge in [-0.25, -0.2) is 0 Å². The topological polar surface area (TPSA) is 88.6 Å². The van der Waals surface area contributed by atoms with Crippen molar-refractivity contribution >= 4 is 5.78 Å². The highest BCUT2D eigenvalue weighted by Crippen LogP contribution is 2.45. The Bertz CT molecular complexity index is 947. The number of terminal acetylenes is 1. The van der Waals surface area contributed by atoms with Crippen molar-refractivity contribution in [3.8, 4) is 29.9 Å². The van der Waals surface area contributed by atoms with Gasteiger partial charge in [0, 0.05) is 24.7 Å². The maximum atomic E-state index is 12.8. The van der Waals surface area contributed by atoms with E-state index in [0.29, 0.717) is 41.5 Å². The number of carbonyl (C=O) groups is 1. The number of benzene rings is 1. The third-order valence-electron chi connectivity index (χ3n) is 5.08. The second kappa shape index (κ2) is 8.10. The van der Waals surface area contributed by atoms with Crippen molar-refractivity contribution in [1.29, 1.82) is 5.26 Å². The Morgan fingerprint density at radius 3 is 2.79 bits per heavy atom. The number of ketones is 1. The summed E-state index contributed by atoms with van der Waals surface area (Å²) in [7, 11) is 1.80. The second-order valence-corrected chi connectivity index (χ2v) is 6.67. The third-order valence-corrected chi connectivity index (χ3v) is 5.08. The average molecular weight is 377 g/mol. The molecule has 1 aromatic carbocycles. The Morgan fingerprint density at radius 2 is 2.11 bits per heavy atom. The molecular formula is C22H23N3O3. The Labute approximate surface area is 165 Å². The molecule has 1 heterocycles. The SMILES string of the molecule is C#CCOc1ccc([C@H]2C(C#N)=C(N)N(C)C3=C2C(=O)CCC3)cc1OCC. The van der Waals surface area contributed by atoms with Gasteiger partial charge in [0.05, 0.1) is 24.2 Å². The zero-order chi connectivity index (χ0) is 20.3. The van der Waals surface area contributed by atoms with Crippen LogP contribution in [0, 0.1) is 23.7 Å². The highest BCUT2D eigenvalue weighted by Gasteiger charge is 2.38. The number of hydrogen-bond acceptors (Lipinski definition) is 6. The standard InChI is InChI=1S/C22H23N3O3/c1-4-11-28-18-10-9-14(12-19(18)27-5-2)20-15(13-23)22(24)25(3)16-7-6-8-17(26)21(16)20/h1,9-10,12,20H,5-8,11,24H2,2-3H3/t20-/m0/s1. The number of Topliss-reactive ketones (excluding diaryl/α,β-unsaturated/α-hetero) is 1. The molecule has 0 aromatic heterocycles. The molecule has 0 radical (unpaired) electrons. The molecule has 0 bridgehead atoms. The van der Waals surface area contributed by atoms with E-state index >= 15 is 0 Å². The Morgan fingerprint density at radius 1 is 1.32 bits per heavy atom. The molecule has 144 valence electrons. The smallest absolute Gasteiger partial charge is 0.162 e. The molecule has 6 nitrogen and oxygen atoms in total. The van der Waals surface area contributed by atoms with Crippen LogP contribution in [0.5, 0.6) is 11.5 Å². The van der Waals surface area contributed by atoms with Gasteiger partial charge in [0.2, 0.25) is 0 Å². The molecule has 28 heavy (non-hydrogen) atoms. The maximum Gasteiger partial charge on any atom is 0.162 e. The fourth-order valence-corrected chi connectivity index (χ4v) is 3.81. The van der Waals surface area contributed by atoms with E-state index in [1.165, 1.54) is 0 Å². The molecule has 6 heteroatoms. The summed E-state index contributed by atoms with van der Waals surface area (Å²) in [5.41, 5.74) is 8.95. The summed E-state index contributed by atoms with van der Waals surface area (Å²) < 4.78 is 11.3. The first-order chi connectivity index (χ1) is 13.5. The van der Waals surface area contributed by atoms with Gasteiger partial charge >= 0.3 is 0 Å². The van der Waals surface area contributed by atoms with Gasteiger partial charge < -0.3 is 20.1 Å². The molecule has 3 rings (SSSR count). The Balaban J connectivity index is 2.15. The van der Waals surface area contributed by atoms with Crippen molar-refractivity contribution in [1.82, 2.24) is 4.90 Å².